The zero-order chi connectivity index (χ0) is 9.97. The van der Waals surface area contributed by atoms with Gasteiger partial charge in [-0.25, -0.2) is 0 Å². The molecule has 2 rings (SSSR count). The molecule has 0 N–H and O–H groups in total. The number of carbonyl (C=O) groups is 1. The number of piperidine rings is 1. The summed E-state index contributed by atoms with van der Waals surface area (Å²) in [4.78, 5) is 13.8. The van der Waals surface area contributed by atoms with Crippen molar-refractivity contribution in [2.24, 2.45) is 0 Å². The summed E-state index contributed by atoms with van der Waals surface area (Å²) >= 11 is 1.54. The molecule has 76 valence electrons. The molecule has 1 aromatic heterocycles. The van der Waals surface area contributed by atoms with Crippen molar-refractivity contribution in [3.05, 3.63) is 16.3 Å². The summed E-state index contributed by atoms with van der Waals surface area (Å²) < 4.78 is 0. The van der Waals surface area contributed by atoms with Gasteiger partial charge in [0, 0.05) is 23.7 Å². The number of hydrogen-bond donors (Lipinski definition) is 0. The molecule has 2 nitrogen and oxygen atoms in total. The van der Waals surface area contributed by atoms with Crippen LogP contribution in [0.2, 0.25) is 0 Å². The molecule has 1 saturated heterocycles. The Morgan fingerprint density at radius 3 is 3.07 bits per heavy atom. The summed E-state index contributed by atoms with van der Waals surface area (Å²) in [6.07, 6.45) is 4.81. The average molecular weight is 209 g/mol. The highest BCUT2D eigenvalue weighted by Crippen LogP contribution is 2.28. The van der Waals surface area contributed by atoms with Gasteiger partial charge in [0.2, 0.25) is 0 Å². The molecule has 1 aromatic rings. The van der Waals surface area contributed by atoms with Crippen LogP contribution in [-0.2, 0) is 0 Å². The Morgan fingerprint density at radius 1 is 1.57 bits per heavy atom. The first-order chi connectivity index (χ1) is 6.81. The standard InChI is InChI=1S/C11H15NOS/c1-9-4-2-3-5-12(9)10-6-11(7-13)14-8-10/h6-9H,2-5H2,1H3. The lowest BCUT2D eigenvalue weighted by Crippen LogP contribution is -2.37. The Hall–Kier alpha value is -0.830. The normalized spacial score (nSPS) is 22.4. The topological polar surface area (TPSA) is 20.3 Å². The summed E-state index contributed by atoms with van der Waals surface area (Å²) in [6.45, 7) is 3.40. The van der Waals surface area contributed by atoms with Gasteiger partial charge in [-0.15, -0.1) is 11.3 Å². The van der Waals surface area contributed by atoms with Crippen LogP contribution in [0.5, 0.6) is 0 Å². The maximum atomic E-state index is 10.6. The van der Waals surface area contributed by atoms with Crippen molar-refractivity contribution in [1.82, 2.24) is 0 Å². The van der Waals surface area contributed by atoms with Gasteiger partial charge in [0.25, 0.3) is 0 Å². The maximum absolute atomic E-state index is 10.6. The number of nitrogens with zero attached hydrogens (tertiary/aromatic N) is 1. The predicted octanol–water partition coefficient (Wildman–Crippen LogP) is 2.94. The van der Waals surface area contributed by atoms with Gasteiger partial charge in [0.05, 0.1) is 4.88 Å². The van der Waals surface area contributed by atoms with E-state index in [1.165, 1.54) is 36.3 Å². The van der Waals surface area contributed by atoms with Crippen molar-refractivity contribution in [3.63, 3.8) is 0 Å². The predicted molar refractivity (Wildman–Crippen MR) is 60.4 cm³/mol. The number of anilines is 1. The molecule has 1 unspecified atom stereocenters. The monoisotopic (exact) mass is 209 g/mol. The first kappa shape index (κ1) is 9.71. The lowest BCUT2D eigenvalue weighted by molar-refractivity contribution is 0.112. The molecule has 0 spiro atoms. The van der Waals surface area contributed by atoms with E-state index in [4.69, 9.17) is 0 Å². The number of carbonyl (C=O) groups excluding carboxylic acids is 1. The van der Waals surface area contributed by atoms with Crippen LogP contribution in [0.25, 0.3) is 0 Å². The zero-order valence-corrected chi connectivity index (χ0v) is 9.22. The molecule has 0 amide bonds. The Kier molecular flexibility index (Phi) is 2.87. The van der Waals surface area contributed by atoms with Gasteiger partial charge < -0.3 is 4.90 Å². The minimum atomic E-state index is 0.623. The summed E-state index contributed by atoms with van der Waals surface area (Å²) in [6, 6.07) is 2.62. The SMILES string of the molecule is CC1CCCCN1c1csc(C=O)c1. The van der Waals surface area contributed by atoms with Crippen molar-refractivity contribution in [3.8, 4) is 0 Å². The van der Waals surface area contributed by atoms with E-state index in [0.29, 0.717) is 6.04 Å². The highest BCUT2D eigenvalue weighted by molar-refractivity contribution is 7.12. The molecule has 0 aliphatic carbocycles. The molecule has 14 heavy (non-hydrogen) atoms. The van der Waals surface area contributed by atoms with Crippen LogP contribution in [0, 0.1) is 0 Å². The summed E-state index contributed by atoms with van der Waals surface area (Å²) in [7, 11) is 0. The number of aldehydes is 1. The molecule has 2 heterocycles. The highest BCUT2D eigenvalue weighted by Gasteiger charge is 2.19. The third kappa shape index (κ3) is 1.82. The van der Waals surface area contributed by atoms with Crippen molar-refractivity contribution in [2.75, 3.05) is 11.4 Å². The Bertz CT molecular complexity index is 321. The Morgan fingerprint density at radius 2 is 2.43 bits per heavy atom. The first-order valence-corrected chi connectivity index (χ1v) is 5.99. The van der Waals surface area contributed by atoms with Crippen LogP contribution in [0.4, 0.5) is 5.69 Å². The van der Waals surface area contributed by atoms with Gasteiger partial charge in [0.15, 0.2) is 6.29 Å². The van der Waals surface area contributed by atoms with Gasteiger partial charge in [-0.1, -0.05) is 0 Å². The molecule has 1 fully saturated rings. The third-order valence-corrected chi connectivity index (χ3v) is 3.70. The smallest absolute Gasteiger partial charge is 0.160 e. The van der Waals surface area contributed by atoms with Crippen LogP contribution in [0.1, 0.15) is 35.9 Å². The van der Waals surface area contributed by atoms with Crippen LogP contribution in [0.15, 0.2) is 11.4 Å². The van der Waals surface area contributed by atoms with Crippen molar-refractivity contribution in [2.45, 2.75) is 32.2 Å². The number of thiophene rings is 1. The number of hydrogen-bond acceptors (Lipinski definition) is 3. The molecule has 0 saturated carbocycles. The van der Waals surface area contributed by atoms with E-state index in [2.05, 4.69) is 17.2 Å². The van der Waals surface area contributed by atoms with Crippen molar-refractivity contribution < 1.29 is 4.79 Å². The van der Waals surface area contributed by atoms with E-state index in [1.807, 2.05) is 6.07 Å². The van der Waals surface area contributed by atoms with Crippen molar-refractivity contribution in [1.29, 1.82) is 0 Å². The van der Waals surface area contributed by atoms with Gasteiger partial charge in [-0.05, 0) is 32.3 Å². The molecule has 1 aliphatic heterocycles. The Balaban J connectivity index is 2.16. The van der Waals surface area contributed by atoms with E-state index in [1.54, 1.807) is 0 Å². The van der Waals surface area contributed by atoms with E-state index < -0.39 is 0 Å². The van der Waals surface area contributed by atoms with Crippen LogP contribution < -0.4 is 4.90 Å². The van der Waals surface area contributed by atoms with Crippen LogP contribution in [0.3, 0.4) is 0 Å². The van der Waals surface area contributed by atoms with Crippen LogP contribution >= 0.6 is 11.3 Å². The second kappa shape index (κ2) is 4.13. The maximum Gasteiger partial charge on any atom is 0.160 e. The first-order valence-electron chi connectivity index (χ1n) is 5.11. The summed E-state index contributed by atoms with van der Waals surface area (Å²) in [5.74, 6) is 0. The molecular formula is C11H15NOS. The van der Waals surface area contributed by atoms with Gasteiger partial charge in [0.1, 0.15) is 0 Å². The lowest BCUT2D eigenvalue weighted by atomic mass is 10.0. The second-order valence-electron chi connectivity index (χ2n) is 3.86. The average Bonchev–Trinajstić information content (AvgIpc) is 2.67. The molecule has 1 aliphatic rings. The quantitative estimate of drug-likeness (QED) is 0.698. The summed E-state index contributed by atoms with van der Waals surface area (Å²) in [5, 5.41) is 2.09. The van der Waals surface area contributed by atoms with Crippen molar-refractivity contribution >= 4 is 23.3 Å². The highest BCUT2D eigenvalue weighted by atomic mass is 32.1. The molecule has 0 radical (unpaired) electrons. The van der Waals surface area contributed by atoms with Gasteiger partial charge in [-0.3, -0.25) is 4.79 Å². The zero-order valence-electron chi connectivity index (χ0n) is 8.40. The molecule has 0 bridgehead atoms. The number of rotatable bonds is 2. The fourth-order valence-electron chi connectivity index (χ4n) is 2.04. The van der Waals surface area contributed by atoms with Crippen LogP contribution in [-0.4, -0.2) is 18.9 Å². The minimum absolute atomic E-state index is 0.623. The molecular weight excluding hydrogens is 194 g/mol. The lowest BCUT2D eigenvalue weighted by Gasteiger charge is -2.34. The van der Waals surface area contributed by atoms with E-state index in [-0.39, 0.29) is 0 Å². The van der Waals surface area contributed by atoms with Gasteiger partial charge in [-0.2, -0.15) is 0 Å². The van der Waals surface area contributed by atoms with E-state index in [0.717, 1.165) is 17.7 Å². The summed E-state index contributed by atoms with van der Waals surface area (Å²) in [5.41, 5.74) is 1.23. The second-order valence-corrected chi connectivity index (χ2v) is 4.81. The third-order valence-electron chi connectivity index (χ3n) is 2.86. The molecule has 0 aromatic carbocycles. The van der Waals surface area contributed by atoms with Gasteiger partial charge >= 0.3 is 0 Å². The largest absolute Gasteiger partial charge is 0.368 e. The van der Waals surface area contributed by atoms with E-state index >= 15 is 0 Å². The van der Waals surface area contributed by atoms with E-state index in [9.17, 15) is 4.79 Å². The fraction of sp³-hybridized carbons (Fsp3) is 0.545. The molecule has 3 heteroatoms. The molecule has 1 atom stereocenters. The fourth-order valence-corrected chi connectivity index (χ4v) is 2.74. The minimum Gasteiger partial charge on any atom is -0.368 e. The Labute approximate surface area is 88.5 Å².